The van der Waals surface area contributed by atoms with Crippen molar-refractivity contribution in [1.29, 1.82) is 0 Å². The summed E-state index contributed by atoms with van der Waals surface area (Å²) < 4.78 is 0. The summed E-state index contributed by atoms with van der Waals surface area (Å²) in [6.45, 7) is 3.34. The summed E-state index contributed by atoms with van der Waals surface area (Å²) in [6.07, 6.45) is 3.33. The number of carbonyl (C=O) groups excluding carboxylic acids is 2. The molecule has 100 valence electrons. The summed E-state index contributed by atoms with van der Waals surface area (Å²) in [5.74, 6) is -1.57. The minimum absolute atomic E-state index is 0.342. The fraction of sp³-hybridized carbons (Fsp3) is 0.750. The predicted molar refractivity (Wildman–Crippen MR) is 62.9 cm³/mol. The van der Waals surface area contributed by atoms with Gasteiger partial charge in [0.05, 0.1) is 0 Å². The van der Waals surface area contributed by atoms with E-state index in [1.54, 1.807) is 0 Å². The van der Waals surface area contributed by atoms with Crippen molar-refractivity contribution >= 4 is 17.9 Å². The third-order valence-electron chi connectivity index (χ3n) is 4.23. The van der Waals surface area contributed by atoms with Crippen molar-refractivity contribution in [2.45, 2.75) is 45.1 Å². The Labute approximate surface area is 105 Å². The number of amides is 3. The molecule has 6 nitrogen and oxygen atoms in total. The van der Waals surface area contributed by atoms with Crippen LogP contribution in [-0.4, -0.2) is 40.0 Å². The number of urea groups is 1. The molecular weight excluding hydrogens is 236 g/mol. The maximum Gasteiger partial charge on any atom is 0.325 e. The number of carbonyl (C=O) groups is 3. The first-order chi connectivity index (χ1) is 8.30. The Morgan fingerprint density at radius 3 is 2.50 bits per heavy atom. The average Bonchev–Trinajstić information content (AvgIpc) is 2.48. The first-order valence-corrected chi connectivity index (χ1v) is 6.16. The Morgan fingerprint density at radius 1 is 1.33 bits per heavy atom. The van der Waals surface area contributed by atoms with Crippen LogP contribution in [0.3, 0.4) is 0 Å². The molecule has 2 aliphatic rings. The maximum absolute atomic E-state index is 12.4. The van der Waals surface area contributed by atoms with Crippen LogP contribution in [0.15, 0.2) is 0 Å². The number of hydrogen-bond acceptors (Lipinski definition) is 3. The minimum Gasteiger partial charge on any atom is -0.480 e. The van der Waals surface area contributed by atoms with E-state index >= 15 is 0 Å². The van der Waals surface area contributed by atoms with E-state index < -0.39 is 24.1 Å². The molecule has 1 unspecified atom stereocenters. The van der Waals surface area contributed by atoms with E-state index in [9.17, 15) is 14.4 Å². The molecule has 2 N–H and O–H groups in total. The number of carboxylic acids is 1. The molecule has 0 aromatic heterocycles. The van der Waals surface area contributed by atoms with Gasteiger partial charge >= 0.3 is 12.0 Å². The number of nitrogens with one attached hydrogen (secondary N) is 1. The SMILES string of the molecule is CC1(C)CCCCC12NC(=O)N(CC(=O)O)C2=O. The number of hydrogen-bond donors (Lipinski definition) is 2. The molecular formula is C12H18N2O4. The molecule has 2 rings (SSSR count). The summed E-state index contributed by atoms with van der Waals surface area (Å²) in [7, 11) is 0. The molecule has 1 aliphatic heterocycles. The van der Waals surface area contributed by atoms with Gasteiger partial charge in [-0.25, -0.2) is 4.79 Å². The average molecular weight is 254 g/mol. The third kappa shape index (κ3) is 1.67. The first kappa shape index (κ1) is 12.9. The van der Waals surface area contributed by atoms with Crippen LogP contribution in [0.5, 0.6) is 0 Å². The maximum atomic E-state index is 12.4. The molecule has 1 spiro atoms. The molecule has 3 amide bonds. The lowest BCUT2D eigenvalue weighted by atomic mass is 9.63. The fourth-order valence-electron chi connectivity index (χ4n) is 3.04. The number of nitrogens with zero attached hydrogens (tertiary/aromatic N) is 1. The van der Waals surface area contributed by atoms with Crippen molar-refractivity contribution in [3.8, 4) is 0 Å². The van der Waals surface area contributed by atoms with Crippen LogP contribution in [0, 0.1) is 5.41 Å². The molecule has 0 radical (unpaired) electrons. The van der Waals surface area contributed by atoms with Crippen molar-refractivity contribution in [2.24, 2.45) is 5.41 Å². The Kier molecular flexibility index (Phi) is 2.83. The second-order valence-electron chi connectivity index (χ2n) is 5.71. The van der Waals surface area contributed by atoms with Crippen molar-refractivity contribution in [3.63, 3.8) is 0 Å². The van der Waals surface area contributed by atoms with Crippen molar-refractivity contribution in [1.82, 2.24) is 10.2 Å². The standard InChI is InChI=1S/C12H18N2O4/c1-11(2)5-3-4-6-12(11)9(17)14(7-8(15)16)10(18)13-12/h3-7H2,1-2H3,(H,13,18)(H,15,16). The van der Waals surface area contributed by atoms with Crippen LogP contribution < -0.4 is 5.32 Å². The van der Waals surface area contributed by atoms with Crippen molar-refractivity contribution in [3.05, 3.63) is 0 Å². The van der Waals surface area contributed by atoms with E-state index in [0.717, 1.165) is 24.2 Å². The van der Waals surface area contributed by atoms with Gasteiger partial charge in [-0.05, 0) is 18.3 Å². The Hall–Kier alpha value is -1.59. The van der Waals surface area contributed by atoms with Gasteiger partial charge in [-0.3, -0.25) is 14.5 Å². The molecule has 0 aromatic carbocycles. The van der Waals surface area contributed by atoms with Gasteiger partial charge in [-0.1, -0.05) is 26.7 Å². The number of rotatable bonds is 2. The van der Waals surface area contributed by atoms with E-state index in [-0.39, 0.29) is 11.3 Å². The minimum atomic E-state index is -1.18. The lowest BCUT2D eigenvalue weighted by Crippen LogP contribution is -2.59. The quantitative estimate of drug-likeness (QED) is 0.719. The van der Waals surface area contributed by atoms with Crippen LogP contribution in [0.4, 0.5) is 4.79 Å². The largest absolute Gasteiger partial charge is 0.480 e. The van der Waals surface area contributed by atoms with Gasteiger partial charge in [0.1, 0.15) is 12.1 Å². The Balaban J connectivity index is 2.33. The highest BCUT2D eigenvalue weighted by molar-refractivity contribution is 6.09. The predicted octanol–water partition coefficient (Wildman–Crippen LogP) is 0.962. The molecule has 1 saturated carbocycles. The zero-order valence-corrected chi connectivity index (χ0v) is 10.7. The Bertz CT molecular complexity index is 418. The van der Waals surface area contributed by atoms with Crippen molar-refractivity contribution in [2.75, 3.05) is 6.54 Å². The summed E-state index contributed by atoms with van der Waals surface area (Å²) >= 11 is 0. The summed E-state index contributed by atoms with van der Waals surface area (Å²) in [5, 5.41) is 11.5. The van der Waals surface area contributed by atoms with E-state index in [1.807, 2.05) is 13.8 Å². The Morgan fingerprint density at radius 2 is 1.94 bits per heavy atom. The van der Waals surface area contributed by atoms with E-state index in [4.69, 9.17) is 5.11 Å². The molecule has 6 heteroatoms. The second-order valence-corrected chi connectivity index (χ2v) is 5.71. The normalized spacial score (nSPS) is 30.7. The highest BCUT2D eigenvalue weighted by atomic mass is 16.4. The van der Waals surface area contributed by atoms with Gasteiger partial charge in [0.25, 0.3) is 5.91 Å². The zero-order chi connectivity index (χ0) is 13.6. The molecule has 0 aromatic rings. The zero-order valence-electron chi connectivity index (χ0n) is 10.7. The lowest BCUT2D eigenvalue weighted by molar-refractivity contribution is -0.145. The van der Waals surface area contributed by atoms with Gasteiger partial charge in [0.2, 0.25) is 0 Å². The van der Waals surface area contributed by atoms with Crippen LogP contribution in [0.25, 0.3) is 0 Å². The molecule has 1 saturated heterocycles. The van der Waals surface area contributed by atoms with Crippen LogP contribution in [-0.2, 0) is 9.59 Å². The topological polar surface area (TPSA) is 86.7 Å². The van der Waals surface area contributed by atoms with Gasteiger partial charge in [-0.2, -0.15) is 0 Å². The summed E-state index contributed by atoms with van der Waals surface area (Å²) in [5.41, 5.74) is -1.26. The molecule has 2 fully saturated rings. The molecule has 18 heavy (non-hydrogen) atoms. The number of carboxylic acid groups (broad SMARTS) is 1. The van der Waals surface area contributed by atoms with Crippen LogP contribution in [0.2, 0.25) is 0 Å². The van der Waals surface area contributed by atoms with Crippen molar-refractivity contribution < 1.29 is 19.5 Å². The van der Waals surface area contributed by atoms with Crippen LogP contribution in [0.1, 0.15) is 39.5 Å². The second kappa shape index (κ2) is 3.96. The monoisotopic (exact) mass is 254 g/mol. The lowest BCUT2D eigenvalue weighted by Gasteiger charge is -2.45. The van der Waals surface area contributed by atoms with Gasteiger partial charge in [0, 0.05) is 0 Å². The third-order valence-corrected chi connectivity index (χ3v) is 4.23. The van der Waals surface area contributed by atoms with Gasteiger partial charge < -0.3 is 10.4 Å². The smallest absolute Gasteiger partial charge is 0.325 e. The van der Waals surface area contributed by atoms with Gasteiger partial charge in [-0.15, -0.1) is 0 Å². The highest BCUT2D eigenvalue weighted by Gasteiger charge is 2.60. The first-order valence-electron chi connectivity index (χ1n) is 6.16. The van der Waals surface area contributed by atoms with Crippen LogP contribution >= 0.6 is 0 Å². The van der Waals surface area contributed by atoms with E-state index in [0.29, 0.717) is 6.42 Å². The molecule has 1 heterocycles. The molecule has 1 aliphatic carbocycles. The number of aliphatic carboxylic acids is 1. The van der Waals surface area contributed by atoms with E-state index in [2.05, 4.69) is 5.32 Å². The number of imide groups is 1. The van der Waals surface area contributed by atoms with Gasteiger partial charge in [0.15, 0.2) is 0 Å². The fourth-order valence-corrected chi connectivity index (χ4v) is 3.04. The molecule has 1 atom stereocenters. The molecule has 0 bridgehead atoms. The summed E-state index contributed by atoms with van der Waals surface area (Å²) in [4.78, 5) is 35.8. The highest BCUT2D eigenvalue weighted by Crippen LogP contribution is 2.46. The summed E-state index contributed by atoms with van der Waals surface area (Å²) in [6, 6.07) is -0.586. The van der Waals surface area contributed by atoms with E-state index in [1.165, 1.54) is 0 Å².